The number of fused-ring (bicyclic) bond motifs is 1. The maximum atomic E-state index is 13.0. The highest BCUT2D eigenvalue weighted by Crippen LogP contribution is 2.23. The zero-order chi connectivity index (χ0) is 25.1. The first-order chi connectivity index (χ1) is 17.4. The second kappa shape index (κ2) is 10.9. The summed E-state index contributed by atoms with van der Waals surface area (Å²) in [5, 5.41) is 0.636. The van der Waals surface area contributed by atoms with Crippen LogP contribution in [0.3, 0.4) is 0 Å². The van der Waals surface area contributed by atoms with Crippen molar-refractivity contribution in [1.29, 1.82) is 0 Å². The van der Waals surface area contributed by atoms with Crippen molar-refractivity contribution in [1.82, 2.24) is 14.2 Å². The van der Waals surface area contributed by atoms with Crippen LogP contribution in [0.25, 0.3) is 10.2 Å². The molecule has 5 rings (SSSR count). The second-order valence-corrected chi connectivity index (χ2v) is 12.4. The summed E-state index contributed by atoms with van der Waals surface area (Å²) in [5.41, 5.74) is 3.80. The molecule has 0 aliphatic carbocycles. The number of thiazole rings is 1. The number of hydrogen-bond acceptors (Lipinski definition) is 5. The molecule has 1 aliphatic rings. The maximum Gasteiger partial charge on any atom is 0.308 e. The van der Waals surface area contributed by atoms with Crippen LogP contribution in [-0.4, -0.2) is 31.0 Å². The zero-order valence-corrected chi connectivity index (χ0v) is 22.2. The smallest absolute Gasteiger partial charge is 0.299 e. The minimum absolute atomic E-state index is 0.132. The van der Waals surface area contributed by atoms with Gasteiger partial charge in [-0.1, -0.05) is 65.8 Å². The van der Waals surface area contributed by atoms with Crippen LogP contribution in [0, 0.1) is 0 Å². The molecule has 0 radical (unpaired) electrons. The van der Waals surface area contributed by atoms with Gasteiger partial charge in [0, 0.05) is 18.1 Å². The van der Waals surface area contributed by atoms with Crippen LogP contribution in [0.15, 0.2) is 76.4 Å². The number of nitrogens with one attached hydrogen (secondary N) is 1. The number of benzene rings is 3. The molecule has 0 saturated carbocycles. The van der Waals surface area contributed by atoms with Gasteiger partial charge in [0.25, 0.3) is 0 Å². The van der Waals surface area contributed by atoms with Crippen LogP contribution in [0.1, 0.15) is 36.0 Å². The first-order valence-electron chi connectivity index (χ1n) is 12.1. The van der Waals surface area contributed by atoms with Gasteiger partial charge in [0.05, 0.1) is 21.7 Å². The van der Waals surface area contributed by atoms with Crippen molar-refractivity contribution in [2.75, 3.05) is 13.1 Å². The van der Waals surface area contributed by atoms with E-state index in [9.17, 15) is 13.2 Å². The van der Waals surface area contributed by atoms with E-state index in [1.807, 2.05) is 24.3 Å². The van der Waals surface area contributed by atoms with Gasteiger partial charge in [0.1, 0.15) is 0 Å². The first-order valence-corrected chi connectivity index (χ1v) is 14.7. The molecule has 0 amide bonds. The number of rotatable bonds is 8. The van der Waals surface area contributed by atoms with E-state index in [2.05, 4.69) is 21.8 Å². The van der Waals surface area contributed by atoms with E-state index < -0.39 is 10.0 Å². The third-order valence-corrected chi connectivity index (χ3v) is 9.14. The van der Waals surface area contributed by atoms with E-state index in [1.165, 1.54) is 24.8 Å². The fraction of sp³-hybridized carbons (Fsp3) is 0.296. The van der Waals surface area contributed by atoms with Gasteiger partial charge in [-0.15, -0.1) is 0 Å². The molecule has 1 aromatic heterocycles. The summed E-state index contributed by atoms with van der Waals surface area (Å²) in [6, 6.07) is 20.3. The molecule has 1 fully saturated rings. The Balaban J connectivity index is 1.26. The Morgan fingerprint density at radius 3 is 2.19 bits per heavy atom. The molecule has 3 aromatic carbocycles. The van der Waals surface area contributed by atoms with Crippen molar-refractivity contribution in [3.8, 4) is 0 Å². The Labute approximate surface area is 220 Å². The minimum atomic E-state index is -3.73. The molecule has 0 bridgehead atoms. The Morgan fingerprint density at radius 2 is 1.47 bits per heavy atom. The summed E-state index contributed by atoms with van der Waals surface area (Å²) < 4.78 is 30.9. The van der Waals surface area contributed by atoms with Crippen molar-refractivity contribution < 1.29 is 8.42 Å². The van der Waals surface area contributed by atoms with Gasteiger partial charge < -0.3 is 0 Å². The Kier molecular flexibility index (Phi) is 7.60. The molecular weight excluding hydrogens is 514 g/mol. The van der Waals surface area contributed by atoms with Gasteiger partial charge in [-0.05, 0) is 73.0 Å². The fourth-order valence-electron chi connectivity index (χ4n) is 4.54. The van der Waals surface area contributed by atoms with E-state index in [1.54, 1.807) is 34.9 Å². The summed E-state index contributed by atoms with van der Waals surface area (Å²) in [4.78, 5) is 15.1. The molecule has 36 heavy (non-hydrogen) atoms. The average molecular weight is 542 g/mol. The van der Waals surface area contributed by atoms with Crippen LogP contribution in [0.5, 0.6) is 0 Å². The average Bonchev–Trinajstić information content (AvgIpc) is 3.19. The quantitative estimate of drug-likeness (QED) is 0.331. The lowest BCUT2D eigenvalue weighted by Gasteiger charge is -2.26. The van der Waals surface area contributed by atoms with Crippen LogP contribution < -0.4 is 9.60 Å². The molecule has 0 unspecified atom stereocenters. The molecule has 2 heterocycles. The highest BCUT2D eigenvalue weighted by atomic mass is 35.5. The van der Waals surface area contributed by atoms with Crippen molar-refractivity contribution in [2.24, 2.45) is 0 Å². The van der Waals surface area contributed by atoms with E-state index in [0.717, 1.165) is 42.1 Å². The first kappa shape index (κ1) is 25.2. The largest absolute Gasteiger partial charge is 0.308 e. The lowest BCUT2D eigenvalue weighted by molar-refractivity contribution is 0.221. The van der Waals surface area contributed by atoms with Crippen LogP contribution >= 0.6 is 22.9 Å². The molecule has 1 N–H and O–H groups in total. The van der Waals surface area contributed by atoms with Crippen LogP contribution in [-0.2, 0) is 29.7 Å². The molecule has 0 atom stereocenters. The Morgan fingerprint density at radius 1 is 0.833 bits per heavy atom. The number of sulfonamides is 1. The molecule has 1 saturated heterocycles. The van der Waals surface area contributed by atoms with E-state index >= 15 is 0 Å². The summed E-state index contributed by atoms with van der Waals surface area (Å²) in [6.07, 6.45) is 3.83. The van der Waals surface area contributed by atoms with Gasteiger partial charge in [-0.3, -0.25) is 14.3 Å². The number of hydrogen-bond donors (Lipinski definition) is 1. The maximum absolute atomic E-state index is 13.0. The summed E-state index contributed by atoms with van der Waals surface area (Å²) in [5.74, 6) is 0. The Hall–Kier alpha value is -2.49. The second-order valence-electron chi connectivity index (χ2n) is 9.19. The van der Waals surface area contributed by atoms with Crippen molar-refractivity contribution in [3.05, 3.63) is 98.1 Å². The normalized spacial score (nSPS) is 14.9. The number of piperidine rings is 1. The monoisotopic (exact) mass is 541 g/mol. The fourth-order valence-corrected chi connectivity index (χ4v) is 6.71. The highest BCUT2D eigenvalue weighted by molar-refractivity contribution is 7.89. The van der Waals surface area contributed by atoms with E-state index in [-0.39, 0.29) is 16.3 Å². The van der Waals surface area contributed by atoms with Crippen molar-refractivity contribution in [3.63, 3.8) is 0 Å². The minimum Gasteiger partial charge on any atom is -0.299 e. The summed E-state index contributed by atoms with van der Waals surface area (Å²) >= 11 is 7.00. The van der Waals surface area contributed by atoms with Gasteiger partial charge in [0.2, 0.25) is 10.0 Å². The van der Waals surface area contributed by atoms with Gasteiger partial charge in [-0.25, -0.2) is 13.1 Å². The molecule has 6 nitrogen and oxygen atoms in total. The number of aromatic nitrogens is 1. The highest BCUT2D eigenvalue weighted by Gasteiger charge is 2.17. The lowest BCUT2D eigenvalue weighted by atomic mass is 10.1. The molecule has 1 aliphatic heterocycles. The third-order valence-electron chi connectivity index (χ3n) is 6.55. The Bertz CT molecular complexity index is 1500. The van der Waals surface area contributed by atoms with E-state index in [4.69, 9.17) is 11.6 Å². The van der Waals surface area contributed by atoms with Crippen LogP contribution in [0.2, 0.25) is 5.02 Å². The zero-order valence-electron chi connectivity index (χ0n) is 19.8. The summed E-state index contributed by atoms with van der Waals surface area (Å²) in [6.45, 7) is 3.83. The lowest BCUT2D eigenvalue weighted by Crippen LogP contribution is -2.29. The van der Waals surface area contributed by atoms with Crippen LogP contribution in [0.4, 0.5) is 0 Å². The van der Waals surface area contributed by atoms with Gasteiger partial charge in [0.15, 0.2) is 0 Å². The molecule has 0 spiro atoms. The number of likely N-dealkylation sites (tertiary alicyclic amines) is 1. The van der Waals surface area contributed by atoms with E-state index in [0.29, 0.717) is 21.8 Å². The predicted molar refractivity (Wildman–Crippen MR) is 146 cm³/mol. The molecular formula is C27H28ClN3O3S2. The van der Waals surface area contributed by atoms with Gasteiger partial charge >= 0.3 is 4.87 Å². The topological polar surface area (TPSA) is 71.4 Å². The standard InChI is InChI=1S/C27H28ClN3O3S2/c28-23-10-8-22(9-11-23)19-31-25-13-12-24(16-26(25)35-27(31)32)36(33,34)29-17-20-4-6-21(7-5-20)18-30-14-2-1-3-15-30/h4-13,16,29H,1-3,14-15,17-19H2. The summed E-state index contributed by atoms with van der Waals surface area (Å²) in [7, 11) is -3.73. The predicted octanol–water partition coefficient (Wildman–Crippen LogP) is 5.23. The SMILES string of the molecule is O=c1sc2cc(S(=O)(=O)NCc3ccc(CN4CCCCC4)cc3)ccc2n1Cc1ccc(Cl)cc1. The molecule has 188 valence electrons. The van der Waals surface area contributed by atoms with Gasteiger partial charge in [-0.2, -0.15) is 0 Å². The van der Waals surface area contributed by atoms with Crippen molar-refractivity contribution >= 4 is 43.2 Å². The number of nitrogens with zero attached hydrogens (tertiary/aromatic N) is 2. The third kappa shape index (κ3) is 5.90. The molecule has 4 aromatic rings. The van der Waals surface area contributed by atoms with Crippen molar-refractivity contribution in [2.45, 2.75) is 43.8 Å². The number of halogens is 1. The molecule has 9 heteroatoms.